The van der Waals surface area contributed by atoms with E-state index < -0.39 is 16.0 Å². The number of carboxylic acids is 1. The normalized spacial score (nSPS) is 11.9. The molecule has 0 unspecified atom stereocenters. The van der Waals surface area contributed by atoms with E-state index in [-0.39, 0.29) is 31.3 Å². The molecular formula is C13H17NO6S. The Kier molecular flexibility index (Phi) is 7.03. The highest BCUT2D eigenvalue weighted by atomic mass is 32.2. The third-order valence-corrected chi connectivity index (χ3v) is 3.86. The lowest BCUT2D eigenvalue weighted by atomic mass is 10.2. The van der Waals surface area contributed by atoms with Gasteiger partial charge in [-0.3, -0.25) is 0 Å². The van der Waals surface area contributed by atoms with Crippen LogP contribution in [0.2, 0.25) is 0 Å². The number of ether oxygens (including phenoxy) is 1. The highest BCUT2D eigenvalue weighted by molar-refractivity contribution is 7.89. The van der Waals surface area contributed by atoms with Crippen LogP contribution in [-0.4, -0.2) is 51.0 Å². The lowest BCUT2D eigenvalue weighted by molar-refractivity contribution is -0.131. The summed E-state index contributed by atoms with van der Waals surface area (Å²) in [6, 6.07) is 5.80. The van der Waals surface area contributed by atoms with Crippen molar-refractivity contribution in [2.45, 2.75) is 4.90 Å². The van der Waals surface area contributed by atoms with Crippen molar-refractivity contribution >= 4 is 22.1 Å². The maximum absolute atomic E-state index is 11.9. The highest BCUT2D eigenvalue weighted by Gasteiger charge is 2.12. The van der Waals surface area contributed by atoms with Crippen molar-refractivity contribution < 1.29 is 28.2 Å². The summed E-state index contributed by atoms with van der Waals surface area (Å²) < 4.78 is 31.1. The number of aliphatic hydroxyl groups excluding tert-OH is 1. The standard InChI is InChI=1S/C13H17NO6S/c15-8-10-20-9-7-14-21(18,19)12-4-1-11(2-5-12)3-6-13(16)17/h1-6,14-15H,7-10H2,(H,16,17). The Hall–Kier alpha value is -1.74. The molecule has 0 heterocycles. The number of hydrogen-bond acceptors (Lipinski definition) is 5. The van der Waals surface area contributed by atoms with Crippen LogP contribution in [0.1, 0.15) is 5.56 Å². The van der Waals surface area contributed by atoms with Gasteiger partial charge in [0.25, 0.3) is 0 Å². The van der Waals surface area contributed by atoms with E-state index in [2.05, 4.69) is 4.72 Å². The topological polar surface area (TPSA) is 113 Å². The zero-order valence-corrected chi connectivity index (χ0v) is 12.0. The number of aliphatic carboxylic acids is 1. The van der Waals surface area contributed by atoms with E-state index in [1.807, 2.05) is 0 Å². The summed E-state index contributed by atoms with van der Waals surface area (Å²) in [6.45, 7) is 0.312. The van der Waals surface area contributed by atoms with Crippen LogP contribution in [0.4, 0.5) is 0 Å². The summed E-state index contributed by atoms with van der Waals surface area (Å²) in [5, 5.41) is 17.0. The van der Waals surface area contributed by atoms with Gasteiger partial charge >= 0.3 is 5.97 Å². The zero-order valence-electron chi connectivity index (χ0n) is 11.2. The number of sulfonamides is 1. The van der Waals surface area contributed by atoms with Gasteiger partial charge in [-0.25, -0.2) is 17.9 Å². The fourth-order valence-electron chi connectivity index (χ4n) is 1.42. The summed E-state index contributed by atoms with van der Waals surface area (Å²) >= 11 is 0. The van der Waals surface area contributed by atoms with Gasteiger partial charge in [-0.15, -0.1) is 0 Å². The number of carboxylic acid groups (broad SMARTS) is 1. The first-order chi connectivity index (χ1) is 9.95. The molecule has 21 heavy (non-hydrogen) atoms. The lowest BCUT2D eigenvalue weighted by Gasteiger charge is -2.07. The molecule has 8 heteroatoms. The van der Waals surface area contributed by atoms with Crippen LogP contribution in [0.25, 0.3) is 6.08 Å². The summed E-state index contributed by atoms with van der Waals surface area (Å²) in [7, 11) is -3.63. The first kappa shape index (κ1) is 17.3. The number of nitrogens with one attached hydrogen (secondary N) is 1. The molecule has 0 aliphatic rings. The molecule has 0 amide bonds. The molecule has 1 aromatic rings. The third-order valence-electron chi connectivity index (χ3n) is 2.38. The molecule has 3 N–H and O–H groups in total. The van der Waals surface area contributed by atoms with Crippen molar-refractivity contribution in [1.82, 2.24) is 4.72 Å². The largest absolute Gasteiger partial charge is 0.478 e. The SMILES string of the molecule is O=C(O)C=Cc1ccc(S(=O)(=O)NCCOCCO)cc1. The van der Waals surface area contributed by atoms with Crippen LogP contribution in [0.15, 0.2) is 35.2 Å². The Bertz CT molecular complexity index is 579. The van der Waals surface area contributed by atoms with Crippen LogP contribution in [0.3, 0.4) is 0 Å². The molecule has 0 spiro atoms. The number of aliphatic hydroxyl groups is 1. The molecule has 0 radical (unpaired) electrons. The molecule has 0 aliphatic carbocycles. The van der Waals surface area contributed by atoms with E-state index in [4.69, 9.17) is 14.9 Å². The van der Waals surface area contributed by atoms with Gasteiger partial charge in [0.2, 0.25) is 10.0 Å². The Morgan fingerprint density at radius 2 is 1.90 bits per heavy atom. The maximum atomic E-state index is 11.9. The van der Waals surface area contributed by atoms with Crippen LogP contribution in [0, 0.1) is 0 Å². The molecule has 0 bridgehead atoms. The molecule has 1 rings (SSSR count). The van der Waals surface area contributed by atoms with Crippen molar-refractivity contribution in [1.29, 1.82) is 0 Å². The Labute approximate surface area is 122 Å². The van der Waals surface area contributed by atoms with Gasteiger partial charge in [0, 0.05) is 12.6 Å². The minimum atomic E-state index is -3.63. The van der Waals surface area contributed by atoms with E-state index >= 15 is 0 Å². The number of benzene rings is 1. The summed E-state index contributed by atoms with van der Waals surface area (Å²) in [5.74, 6) is -1.07. The monoisotopic (exact) mass is 315 g/mol. The molecule has 0 atom stereocenters. The fraction of sp³-hybridized carbons (Fsp3) is 0.308. The number of carbonyl (C=O) groups is 1. The predicted octanol–water partition coefficient (Wildman–Crippen LogP) is 0.0716. The molecule has 116 valence electrons. The molecular weight excluding hydrogens is 298 g/mol. The second kappa shape index (κ2) is 8.53. The van der Waals surface area contributed by atoms with E-state index in [0.717, 1.165) is 6.08 Å². The van der Waals surface area contributed by atoms with Gasteiger partial charge in [0.1, 0.15) is 0 Å². The summed E-state index contributed by atoms with van der Waals surface area (Å²) in [5.41, 5.74) is 0.586. The highest BCUT2D eigenvalue weighted by Crippen LogP contribution is 2.11. The van der Waals surface area contributed by atoms with E-state index in [9.17, 15) is 13.2 Å². The van der Waals surface area contributed by atoms with Crippen molar-refractivity contribution in [2.75, 3.05) is 26.4 Å². The van der Waals surface area contributed by atoms with Crippen molar-refractivity contribution in [3.8, 4) is 0 Å². The lowest BCUT2D eigenvalue weighted by Crippen LogP contribution is -2.27. The maximum Gasteiger partial charge on any atom is 0.328 e. The van der Waals surface area contributed by atoms with Crippen molar-refractivity contribution in [2.24, 2.45) is 0 Å². The third kappa shape index (κ3) is 6.50. The van der Waals surface area contributed by atoms with Gasteiger partial charge < -0.3 is 14.9 Å². The predicted molar refractivity (Wildman–Crippen MR) is 76.2 cm³/mol. The van der Waals surface area contributed by atoms with Crippen LogP contribution >= 0.6 is 0 Å². The van der Waals surface area contributed by atoms with Crippen molar-refractivity contribution in [3.63, 3.8) is 0 Å². The van der Waals surface area contributed by atoms with Gasteiger partial charge in [0.05, 0.1) is 24.7 Å². The first-order valence-corrected chi connectivity index (χ1v) is 7.63. The first-order valence-electron chi connectivity index (χ1n) is 6.15. The van der Waals surface area contributed by atoms with E-state index in [1.54, 1.807) is 0 Å². The van der Waals surface area contributed by atoms with Crippen molar-refractivity contribution in [3.05, 3.63) is 35.9 Å². The Balaban J connectivity index is 2.61. The molecule has 1 aromatic carbocycles. The fourth-order valence-corrected chi connectivity index (χ4v) is 2.44. The minimum Gasteiger partial charge on any atom is -0.478 e. The summed E-state index contributed by atoms with van der Waals surface area (Å²) in [6.07, 6.45) is 2.34. The molecule has 0 aliphatic heterocycles. The molecule has 7 nitrogen and oxygen atoms in total. The average molecular weight is 315 g/mol. The second-order valence-electron chi connectivity index (χ2n) is 3.97. The second-order valence-corrected chi connectivity index (χ2v) is 5.74. The smallest absolute Gasteiger partial charge is 0.328 e. The molecule has 0 saturated carbocycles. The van der Waals surface area contributed by atoms with Crippen LogP contribution < -0.4 is 4.72 Å². The van der Waals surface area contributed by atoms with Crippen LogP contribution in [-0.2, 0) is 19.6 Å². The van der Waals surface area contributed by atoms with Gasteiger partial charge in [-0.2, -0.15) is 0 Å². The van der Waals surface area contributed by atoms with Gasteiger partial charge in [0.15, 0.2) is 0 Å². The number of rotatable bonds is 9. The Morgan fingerprint density at radius 3 is 2.48 bits per heavy atom. The minimum absolute atomic E-state index is 0.0807. The van der Waals surface area contributed by atoms with E-state index in [1.165, 1.54) is 30.3 Å². The van der Waals surface area contributed by atoms with Gasteiger partial charge in [-0.05, 0) is 23.8 Å². The molecule has 0 saturated heterocycles. The molecule has 0 aromatic heterocycles. The quantitative estimate of drug-likeness (QED) is 0.439. The zero-order chi connectivity index (χ0) is 15.7. The summed E-state index contributed by atoms with van der Waals surface area (Å²) in [4.78, 5) is 10.5. The van der Waals surface area contributed by atoms with Crippen LogP contribution in [0.5, 0.6) is 0 Å². The average Bonchev–Trinajstić information content (AvgIpc) is 2.45. The Morgan fingerprint density at radius 1 is 1.24 bits per heavy atom. The van der Waals surface area contributed by atoms with E-state index in [0.29, 0.717) is 5.56 Å². The van der Waals surface area contributed by atoms with Gasteiger partial charge in [-0.1, -0.05) is 12.1 Å². The molecule has 0 fully saturated rings. The number of hydrogen-bond donors (Lipinski definition) is 3.